The molecule has 0 radical (unpaired) electrons. The van der Waals surface area contributed by atoms with Gasteiger partial charge >= 0.3 is 5.97 Å². The quantitative estimate of drug-likeness (QED) is 0.735. The van der Waals surface area contributed by atoms with Crippen molar-refractivity contribution in [3.63, 3.8) is 0 Å². The molecule has 1 aromatic heterocycles. The smallest absolute Gasteiger partial charge is 0.328 e. The number of carbonyl (C=O) groups is 2. The van der Waals surface area contributed by atoms with E-state index in [1.165, 1.54) is 26.4 Å². The van der Waals surface area contributed by atoms with Gasteiger partial charge < -0.3 is 14.6 Å². The summed E-state index contributed by atoms with van der Waals surface area (Å²) in [6.07, 6.45) is 6.65. The van der Waals surface area contributed by atoms with Gasteiger partial charge in [-0.3, -0.25) is 9.59 Å². The third kappa shape index (κ3) is 5.49. The van der Waals surface area contributed by atoms with Gasteiger partial charge in [0.1, 0.15) is 11.6 Å². The van der Waals surface area contributed by atoms with E-state index in [0.29, 0.717) is 12.5 Å². The first-order valence-electron chi connectivity index (χ1n) is 10.7. The van der Waals surface area contributed by atoms with E-state index in [1.54, 1.807) is 10.6 Å². The van der Waals surface area contributed by atoms with Gasteiger partial charge in [0, 0.05) is 12.2 Å². The summed E-state index contributed by atoms with van der Waals surface area (Å²) >= 11 is 0. The van der Waals surface area contributed by atoms with Crippen molar-refractivity contribution in [1.29, 1.82) is 0 Å². The van der Waals surface area contributed by atoms with Crippen LogP contribution in [0.25, 0.3) is 0 Å². The van der Waals surface area contributed by atoms with Crippen LogP contribution in [-0.4, -0.2) is 29.6 Å². The molecule has 1 amide bonds. The Morgan fingerprint density at radius 1 is 1.24 bits per heavy atom. The van der Waals surface area contributed by atoms with Crippen molar-refractivity contribution in [2.24, 2.45) is 11.3 Å². The summed E-state index contributed by atoms with van der Waals surface area (Å²) in [6.45, 7) is 10.2. The van der Waals surface area contributed by atoms with Crippen molar-refractivity contribution in [2.45, 2.75) is 85.7 Å². The lowest BCUT2D eigenvalue weighted by Crippen LogP contribution is -2.51. The lowest BCUT2D eigenvalue weighted by atomic mass is 9.86. The first kappa shape index (κ1) is 23.2. The molecule has 1 atom stereocenters. The molecule has 0 spiro atoms. The molecule has 6 nitrogen and oxygen atoms in total. The standard InChI is InChI=1S/C23H36N2O4/c1-7-18-15(2)13-17(20(26)24-19(22(28)29-6)23(3,4)5)21(27)25(18)14-16-11-9-8-10-12-16/h13,16,19H,7-12,14H2,1-6H3,(H,24,26). The van der Waals surface area contributed by atoms with Crippen molar-refractivity contribution < 1.29 is 14.3 Å². The van der Waals surface area contributed by atoms with Crippen molar-refractivity contribution in [2.75, 3.05) is 7.11 Å². The summed E-state index contributed by atoms with van der Waals surface area (Å²) in [4.78, 5) is 38.5. The van der Waals surface area contributed by atoms with Crippen LogP contribution in [0.15, 0.2) is 10.9 Å². The van der Waals surface area contributed by atoms with E-state index in [1.807, 2.05) is 34.6 Å². The normalized spacial score (nSPS) is 16.3. The number of aryl methyl sites for hydroxylation is 1. The first-order valence-corrected chi connectivity index (χ1v) is 10.7. The summed E-state index contributed by atoms with van der Waals surface area (Å²) in [7, 11) is 1.30. The number of carbonyl (C=O) groups excluding carboxylic acids is 2. The van der Waals surface area contributed by atoms with Crippen molar-refractivity contribution in [3.8, 4) is 0 Å². The van der Waals surface area contributed by atoms with E-state index in [2.05, 4.69) is 5.32 Å². The largest absolute Gasteiger partial charge is 0.467 e. The van der Waals surface area contributed by atoms with Gasteiger partial charge in [-0.05, 0) is 49.1 Å². The highest BCUT2D eigenvalue weighted by Crippen LogP contribution is 2.26. The molecule has 0 aliphatic heterocycles. The van der Waals surface area contributed by atoms with Gasteiger partial charge in [0.05, 0.1) is 7.11 Å². The third-order valence-corrected chi connectivity index (χ3v) is 5.94. The molecule has 1 aromatic rings. The third-order valence-electron chi connectivity index (χ3n) is 5.94. The fourth-order valence-corrected chi connectivity index (χ4v) is 4.25. The Balaban J connectivity index is 2.40. The minimum Gasteiger partial charge on any atom is -0.467 e. The Bertz CT molecular complexity index is 798. The number of ether oxygens (including phenoxy) is 1. The molecular weight excluding hydrogens is 368 g/mol. The number of hydrogen-bond acceptors (Lipinski definition) is 4. The molecule has 0 saturated heterocycles. The Labute approximate surface area is 174 Å². The summed E-state index contributed by atoms with van der Waals surface area (Å²) < 4.78 is 6.65. The molecule has 1 N–H and O–H groups in total. The number of methoxy groups -OCH3 is 1. The number of esters is 1. The molecule has 1 fully saturated rings. The van der Waals surface area contributed by atoms with Crippen LogP contribution in [0.1, 0.15) is 81.4 Å². The van der Waals surface area contributed by atoms with Gasteiger partial charge in [-0.15, -0.1) is 0 Å². The zero-order chi connectivity index (χ0) is 21.8. The van der Waals surface area contributed by atoms with Crippen LogP contribution in [0.4, 0.5) is 0 Å². The molecule has 1 saturated carbocycles. The van der Waals surface area contributed by atoms with E-state index in [4.69, 9.17) is 4.74 Å². The van der Waals surface area contributed by atoms with E-state index in [9.17, 15) is 14.4 Å². The number of hydrogen-bond donors (Lipinski definition) is 1. The highest BCUT2D eigenvalue weighted by Gasteiger charge is 2.34. The minimum absolute atomic E-state index is 0.0914. The van der Waals surface area contributed by atoms with Crippen molar-refractivity contribution in [1.82, 2.24) is 9.88 Å². The molecule has 29 heavy (non-hydrogen) atoms. The summed E-state index contributed by atoms with van der Waals surface area (Å²) in [5.74, 6) is -0.569. The zero-order valence-electron chi connectivity index (χ0n) is 18.8. The van der Waals surface area contributed by atoms with E-state index in [0.717, 1.165) is 30.5 Å². The van der Waals surface area contributed by atoms with Crippen molar-refractivity contribution >= 4 is 11.9 Å². The number of aromatic nitrogens is 1. The molecule has 2 rings (SSSR count). The van der Waals surface area contributed by atoms with Crippen LogP contribution < -0.4 is 10.9 Å². The second-order valence-corrected chi connectivity index (χ2v) is 9.26. The highest BCUT2D eigenvalue weighted by atomic mass is 16.5. The molecule has 162 valence electrons. The van der Waals surface area contributed by atoms with Gasteiger partial charge in [0.25, 0.3) is 11.5 Å². The van der Waals surface area contributed by atoms with Gasteiger partial charge in [-0.25, -0.2) is 4.79 Å². The summed E-state index contributed by atoms with van der Waals surface area (Å²) in [5, 5.41) is 2.73. The molecule has 6 heteroatoms. The van der Waals surface area contributed by atoms with Crippen LogP contribution >= 0.6 is 0 Å². The Morgan fingerprint density at radius 2 is 1.86 bits per heavy atom. The number of nitrogens with one attached hydrogen (secondary N) is 1. The van der Waals surface area contributed by atoms with Gasteiger partial charge in [-0.2, -0.15) is 0 Å². The maximum atomic E-state index is 13.3. The average Bonchev–Trinajstić information content (AvgIpc) is 2.68. The number of amides is 1. The number of nitrogens with zero attached hydrogens (tertiary/aromatic N) is 1. The van der Waals surface area contributed by atoms with E-state index >= 15 is 0 Å². The summed E-state index contributed by atoms with van der Waals surface area (Å²) in [6, 6.07) is 0.822. The maximum Gasteiger partial charge on any atom is 0.328 e. The lowest BCUT2D eigenvalue weighted by molar-refractivity contribution is -0.145. The first-order chi connectivity index (χ1) is 13.6. The Kier molecular flexibility index (Phi) is 7.66. The predicted octanol–water partition coefficient (Wildman–Crippen LogP) is 3.62. The molecule has 1 heterocycles. The average molecular weight is 405 g/mol. The van der Waals surface area contributed by atoms with Crippen LogP contribution in [0.3, 0.4) is 0 Å². The van der Waals surface area contributed by atoms with Gasteiger partial charge in [0.2, 0.25) is 0 Å². The number of rotatable bonds is 6. The maximum absolute atomic E-state index is 13.3. The zero-order valence-corrected chi connectivity index (χ0v) is 18.8. The predicted molar refractivity (Wildman–Crippen MR) is 114 cm³/mol. The van der Waals surface area contributed by atoms with Crippen LogP contribution in [0.5, 0.6) is 0 Å². The Hall–Kier alpha value is -2.11. The van der Waals surface area contributed by atoms with Crippen LogP contribution in [0, 0.1) is 18.3 Å². The fourth-order valence-electron chi connectivity index (χ4n) is 4.25. The molecule has 1 unspecified atom stereocenters. The topological polar surface area (TPSA) is 77.4 Å². The number of pyridine rings is 1. The monoisotopic (exact) mass is 404 g/mol. The SMILES string of the molecule is CCc1c(C)cc(C(=O)NC(C(=O)OC)C(C)(C)C)c(=O)n1CC1CCCCC1. The second-order valence-electron chi connectivity index (χ2n) is 9.26. The lowest BCUT2D eigenvalue weighted by Gasteiger charge is -2.29. The fraction of sp³-hybridized carbons (Fsp3) is 0.696. The van der Waals surface area contributed by atoms with Gasteiger partial charge in [-0.1, -0.05) is 47.0 Å². The Morgan fingerprint density at radius 3 is 2.38 bits per heavy atom. The van der Waals surface area contributed by atoms with Crippen molar-refractivity contribution in [3.05, 3.63) is 33.2 Å². The van der Waals surface area contributed by atoms with E-state index in [-0.39, 0.29) is 11.1 Å². The molecule has 0 bridgehead atoms. The molecule has 0 aromatic carbocycles. The van der Waals surface area contributed by atoms with E-state index < -0.39 is 23.3 Å². The summed E-state index contributed by atoms with van der Waals surface area (Å²) in [5.41, 5.74) is 1.19. The second kappa shape index (κ2) is 9.59. The van der Waals surface area contributed by atoms with Crippen LogP contribution in [-0.2, 0) is 22.5 Å². The molecule has 1 aliphatic carbocycles. The van der Waals surface area contributed by atoms with Crippen LogP contribution in [0.2, 0.25) is 0 Å². The molecular formula is C23H36N2O4. The highest BCUT2D eigenvalue weighted by molar-refractivity contribution is 5.96. The minimum atomic E-state index is -0.836. The van der Waals surface area contributed by atoms with Gasteiger partial charge in [0.15, 0.2) is 0 Å². The molecule has 1 aliphatic rings.